The first kappa shape index (κ1) is 23.3. The summed E-state index contributed by atoms with van der Waals surface area (Å²) in [6, 6.07) is 20.7. The maximum absolute atomic E-state index is 13.4. The highest BCUT2D eigenvalue weighted by atomic mass is 32.2. The van der Waals surface area contributed by atoms with E-state index in [0.29, 0.717) is 5.69 Å². The fourth-order valence-corrected chi connectivity index (χ4v) is 4.68. The number of amides is 1. The number of rotatable bonds is 8. The van der Waals surface area contributed by atoms with Crippen LogP contribution in [-0.2, 0) is 14.8 Å². The van der Waals surface area contributed by atoms with Crippen LogP contribution in [0.25, 0.3) is 0 Å². The van der Waals surface area contributed by atoms with E-state index in [1.807, 2.05) is 57.2 Å². The first-order valence-electron chi connectivity index (χ1n) is 10.3. The first-order valence-corrected chi connectivity index (χ1v) is 11.7. The number of hydrogen-bond acceptors (Lipinski definition) is 4. The lowest BCUT2D eigenvalue weighted by Crippen LogP contribution is -2.41. The second-order valence-corrected chi connectivity index (χ2v) is 9.58. The molecule has 3 rings (SSSR count). The summed E-state index contributed by atoms with van der Waals surface area (Å²) in [6.07, 6.45) is 0. The molecular weight excluding hydrogens is 424 g/mol. The second kappa shape index (κ2) is 9.87. The van der Waals surface area contributed by atoms with Crippen molar-refractivity contribution in [3.05, 3.63) is 89.5 Å². The van der Waals surface area contributed by atoms with Crippen molar-refractivity contribution in [2.24, 2.45) is 0 Å². The van der Waals surface area contributed by atoms with Gasteiger partial charge in [0.05, 0.1) is 23.7 Å². The number of methoxy groups -OCH3 is 1. The average molecular weight is 453 g/mol. The normalized spacial score (nSPS) is 12.1. The van der Waals surface area contributed by atoms with Gasteiger partial charge in [0.2, 0.25) is 5.91 Å². The van der Waals surface area contributed by atoms with Gasteiger partial charge < -0.3 is 10.1 Å². The Bertz CT molecular complexity index is 1160. The smallest absolute Gasteiger partial charge is 0.264 e. The van der Waals surface area contributed by atoms with E-state index in [4.69, 9.17) is 4.74 Å². The SMILES string of the molecule is COc1ccc([C@@H](C)NC(=O)CN(c2ccc(C)cc2)S(=O)(=O)c2ccc(C)cc2)cc1. The van der Waals surface area contributed by atoms with Gasteiger partial charge in [-0.1, -0.05) is 47.5 Å². The Hall–Kier alpha value is -3.32. The highest BCUT2D eigenvalue weighted by Gasteiger charge is 2.27. The highest BCUT2D eigenvalue weighted by Crippen LogP contribution is 2.25. The molecule has 0 aromatic heterocycles. The number of benzene rings is 3. The molecule has 0 radical (unpaired) electrons. The Kier molecular flexibility index (Phi) is 7.20. The molecular formula is C25H28N2O4S. The summed E-state index contributed by atoms with van der Waals surface area (Å²) < 4.78 is 33.2. The molecule has 0 bridgehead atoms. The Morgan fingerprint density at radius 1 is 0.906 bits per heavy atom. The van der Waals surface area contributed by atoms with Gasteiger partial charge in [0.15, 0.2) is 0 Å². The number of carbonyl (C=O) groups is 1. The van der Waals surface area contributed by atoms with Crippen LogP contribution in [0.1, 0.15) is 29.7 Å². The Morgan fingerprint density at radius 2 is 1.44 bits per heavy atom. The van der Waals surface area contributed by atoms with E-state index in [1.165, 1.54) is 0 Å². The van der Waals surface area contributed by atoms with Crippen LogP contribution < -0.4 is 14.4 Å². The number of hydrogen-bond donors (Lipinski definition) is 1. The third-order valence-electron chi connectivity index (χ3n) is 5.21. The number of ether oxygens (including phenoxy) is 1. The number of anilines is 1. The largest absolute Gasteiger partial charge is 0.497 e. The summed E-state index contributed by atoms with van der Waals surface area (Å²) in [4.78, 5) is 13.0. The minimum Gasteiger partial charge on any atom is -0.497 e. The molecule has 6 nitrogen and oxygen atoms in total. The maximum atomic E-state index is 13.4. The molecule has 1 amide bonds. The fraction of sp³-hybridized carbons (Fsp3) is 0.240. The van der Waals surface area contributed by atoms with Gasteiger partial charge in [-0.3, -0.25) is 9.10 Å². The van der Waals surface area contributed by atoms with Crippen molar-refractivity contribution in [2.45, 2.75) is 31.7 Å². The van der Waals surface area contributed by atoms with Crippen molar-refractivity contribution in [1.82, 2.24) is 5.32 Å². The predicted octanol–water partition coefficient (Wildman–Crippen LogP) is 4.38. The molecule has 0 unspecified atom stereocenters. The van der Waals surface area contributed by atoms with Gasteiger partial charge in [-0.2, -0.15) is 0 Å². The number of nitrogens with one attached hydrogen (secondary N) is 1. The average Bonchev–Trinajstić information content (AvgIpc) is 2.78. The van der Waals surface area contributed by atoms with Crippen molar-refractivity contribution in [3.63, 3.8) is 0 Å². The molecule has 0 heterocycles. The summed E-state index contributed by atoms with van der Waals surface area (Å²) in [7, 11) is -2.34. The number of nitrogens with zero attached hydrogens (tertiary/aromatic N) is 1. The topological polar surface area (TPSA) is 75.7 Å². The molecule has 3 aromatic carbocycles. The van der Waals surface area contributed by atoms with E-state index in [0.717, 1.165) is 26.7 Å². The third-order valence-corrected chi connectivity index (χ3v) is 7.00. The van der Waals surface area contributed by atoms with Crippen LogP contribution in [0.2, 0.25) is 0 Å². The minimum absolute atomic E-state index is 0.139. The molecule has 0 fully saturated rings. The molecule has 0 spiro atoms. The van der Waals surface area contributed by atoms with Crippen molar-refractivity contribution >= 4 is 21.6 Å². The van der Waals surface area contributed by atoms with Gasteiger partial charge >= 0.3 is 0 Å². The number of carbonyl (C=O) groups excluding carboxylic acids is 1. The van der Waals surface area contributed by atoms with Crippen LogP contribution in [0.3, 0.4) is 0 Å². The molecule has 1 atom stereocenters. The van der Waals surface area contributed by atoms with Crippen LogP contribution >= 0.6 is 0 Å². The van der Waals surface area contributed by atoms with E-state index in [2.05, 4.69) is 5.32 Å². The summed E-state index contributed by atoms with van der Waals surface area (Å²) >= 11 is 0. The van der Waals surface area contributed by atoms with Gasteiger partial charge in [0.25, 0.3) is 10.0 Å². The molecule has 7 heteroatoms. The molecule has 168 valence electrons. The Balaban J connectivity index is 1.85. The van der Waals surface area contributed by atoms with E-state index in [-0.39, 0.29) is 17.5 Å². The van der Waals surface area contributed by atoms with E-state index < -0.39 is 15.9 Å². The summed E-state index contributed by atoms with van der Waals surface area (Å²) in [5.74, 6) is 0.326. The molecule has 0 saturated carbocycles. The van der Waals surface area contributed by atoms with Crippen LogP contribution in [0, 0.1) is 13.8 Å². The van der Waals surface area contributed by atoms with Crippen molar-refractivity contribution in [3.8, 4) is 5.75 Å². The summed E-state index contributed by atoms with van der Waals surface area (Å²) in [5.41, 5.74) is 3.28. The molecule has 1 N–H and O–H groups in total. The molecule has 3 aromatic rings. The lowest BCUT2D eigenvalue weighted by Gasteiger charge is -2.25. The van der Waals surface area contributed by atoms with Gasteiger partial charge in [-0.25, -0.2) is 8.42 Å². The Morgan fingerprint density at radius 3 is 1.97 bits per heavy atom. The molecule has 0 aliphatic heterocycles. The zero-order valence-corrected chi connectivity index (χ0v) is 19.5. The number of sulfonamides is 1. The van der Waals surface area contributed by atoms with Crippen LogP contribution in [0.4, 0.5) is 5.69 Å². The van der Waals surface area contributed by atoms with Gasteiger partial charge in [-0.15, -0.1) is 0 Å². The molecule has 32 heavy (non-hydrogen) atoms. The van der Waals surface area contributed by atoms with Crippen molar-refractivity contribution in [2.75, 3.05) is 18.0 Å². The van der Waals surface area contributed by atoms with E-state index in [9.17, 15) is 13.2 Å². The maximum Gasteiger partial charge on any atom is 0.264 e. The van der Waals surface area contributed by atoms with Crippen molar-refractivity contribution in [1.29, 1.82) is 0 Å². The zero-order chi connectivity index (χ0) is 23.3. The fourth-order valence-electron chi connectivity index (χ4n) is 3.26. The van der Waals surface area contributed by atoms with Gasteiger partial charge in [-0.05, 0) is 62.7 Å². The third kappa shape index (κ3) is 5.48. The Labute approximate surface area is 189 Å². The number of aryl methyl sites for hydroxylation is 2. The lowest BCUT2D eigenvalue weighted by molar-refractivity contribution is -0.120. The standard InChI is InChI=1S/C25H28N2O4S/c1-18-5-11-22(12-6-18)27(32(29,30)24-15-7-19(2)8-16-24)17-25(28)26-20(3)21-9-13-23(31-4)14-10-21/h5-16,20H,17H2,1-4H3,(H,26,28)/t20-/m1/s1. The lowest BCUT2D eigenvalue weighted by atomic mass is 10.1. The van der Waals surface area contributed by atoms with Gasteiger partial charge in [0, 0.05) is 0 Å². The molecule has 0 saturated heterocycles. The predicted molar refractivity (Wildman–Crippen MR) is 126 cm³/mol. The summed E-state index contributed by atoms with van der Waals surface area (Å²) in [6.45, 7) is 5.33. The van der Waals surface area contributed by atoms with E-state index >= 15 is 0 Å². The van der Waals surface area contributed by atoms with Gasteiger partial charge in [0.1, 0.15) is 12.3 Å². The second-order valence-electron chi connectivity index (χ2n) is 7.72. The highest BCUT2D eigenvalue weighted by molar-refractivity contribution is 7.92. The monoisotopic (exact) mass is 452 g/mol. The molecule has 0 aliphatic carbocycles. The van der Waals surface area contributed by atoms with Crippen molar-refractivity contribution < 1.29 is 17.9 Å². The first-order chi connectivity index (χ1) is 15.2. The van der Waals surface area contributed by atoms with Crippen LogP contribution in [-0.4, -0.2) is 28.0 Å². The van der Waals surface area contributed by atoms with Crippen LogP contribution in [0.15, 0.2) is 77.7 Å². The van der Waals surface area contributed by atoms with Crippen LogP contribution in [0.5, 0.6) is 5.75 Å². The van der Waals surface area contributed by atoms with E-state index in [1.54, 1.807) is 43.5 Å². The minimum atomic E-state index is -3.93. The molecule has 0 aliphatic rings. The quantitative estimate of drug-likeness (QED) is 0.550. The zero-order valence-electron chi connectivity index (χ0n) is 18.7. The summed E-state index contributed by atoms with van der Waals surface area (Å²) in [5, 5.41) is 2.89.